The Morgan fingerprint density at radius 2 is 1.95 bits per heavy atom. The van der Waals surface area contributed by atoms with E-state index >= 15 is 0 Å². The SMILES string of the molecule is CCCc1c(CBr)cnn1-c1ccc(OCC)cc1. The number of benzene rings is 1. The Hall–Kier alpha value is -1.29. The van der Waals surface area contributed by atoms with Gasteiger partial charge >= 0.3 is 0 Å². The largest absolute Gasteiger partial charge is 0.494 e. The second-order valence-electron chi connectivity index (χ2n) is 4.34. The Kier molecular flexibility index (Phi) is 5.02. The summed E-state index contributed by atoms with van der Waals surface area (Å²) in [5, 5.41) is 5.34. The van der Waals surface area contributed by atoms with Gasteiger partial charge in [-0.05, 0) is 37.6 Å². The summed E-state index contributed by atoms with van der Waals surface area (Å²) in [6, 6.07) is 8.08. The molecule has 0 aliphatic carbocycles. The standard InChI is InChI=1S/C15H19BrN2O/c1-3-5-15-12(10-16)11-17-18(15)13-6-8-14(9-7-13)19-4-2/h6-9,11H,3-5,10H2,1-2H3. The highest BCUT2D eigenvalue weighted by Crippen LogP contribution is 2.21. The normalized spacial score (nSPS) is 10.7. The van der Waals surface area contributed by atoms with Crippen molar-refractivity contribution in [1.29, 1.82) is 0 Å². The Bertz CT molecular complexity index is 519. The lowest BCUT2D eigenvalue weighted by molar-refractivity contribution is 0.340. The molecule has 0 atom stereocenters. The molecule has 0 aliphatic heterocycles. The Balaban J connectivity index is 2.32. The maximum absolute atomic E-state index is 5.46. The van der Waals surface area contributed by atoms with E-state index in [0.29, 0.717) is 6.61 Å². The van der Waals surface area contributed by atoms with E-state index in [9.17, 15) is 0 Å². The highest BCUT2D eigenvalue weighted by atomic mass is 79.9. The van der Waals surface area contributed by atoms with E-state index in [1.54, 1.807) is 0 Å². The van der Waals surface area contributed by atoms with Gasteiger partial charge in [0, 0.05) is 16.6 Å². The molecule has 0 bridgehead atoms. The lowest BCUT2D eigenvalue weighted by Crippen LogP contribution is -2.03. The van der Waals surface area contributed by atoms with Crippen LogP contribution in [-0.2, 0) is 11.8 Å². The lowest BCUT2D eigenvalue weighted by Gasteiger charge is -2.09. The molecule has 3 nitrogen and oxygen atoms in total. The van der Waals surface area contributed by atoms with Crippen LogP contribution in [-0.4, -0.2) is 16.4 Å². The lowest BCUT2D eigenvalue weighted by atomic mass is 10.2. The van der Waals surface area contributed by atoms with Crippen molar-refractivity contribution in [2.24, 2.45) is 0 Å². The molecule has 0 spiro atoms. The first-order chi connectivity index (χ1) is 9.30. The minimum absolute atomic E-state index is 0.690. The fraction of sp³-hybridized carbons (Fsp3) is 0.400. The molecular formula is C15H19BrN2O. The first kappa shape index (κ1) is 14.1. The van der Waals surface area contributed by atoms with Gasteiger partial charge in [0.1, 0.15) is 5.75 Å². The predicted octanol–water partition coefficient (Wildman–Crippen LogP) is 4.12. The minimum Gasteiger partial charge on any atom is -0.494 e. The monoisotopic (exact) mass is 322 g/mol. The maximum atomic E-state index is 5.46. The fourth-order valence-electron chi connectivity index (χ4n) is 2.10. The molecule has 0 N–H and O–H groups in total. The van der Waals surface area contributed by atoms with Crippen LogP contribution in [0.2, 0.25) is 0 Å². The molecule has 19 heavy (non-hydrogen) atoms. The number of halogens is 1. The van der Waals surface area contributed by atoms with Crippen molar-refractivity contribution in [1.82, 2.24) is 9.78 Å². The van der Waals surface area contributed by atoms with Gasteiger partial charge in [-0.2, -0.15) is 5.10 Å². The van der Waals surface area contributed by atoms with Gasteiger partial charge < -0.3 is 4.74 Å². The highest BCUT2D eigenvalue weighted by Gasteiger charge is 2.10. The van der Waals surface area contributed by atoms with E-state index in [0.717, 1.165) is 29.6 Å². The molecule has 1 aromatic heterocycles. The van der Waals surface area contributed by atoms with E-state index in [2.05, 4.69) is 40.1 Å². The molecule has 1 heterocycles. The Labute approximate surface area is 122 Å². The summed E-state index contributed by atoms with van der Waals surface area (Å²) in [6.45, 7) is 4.87. The number of nitrogens with zero attached hydrogens (tertiary/aromatic N) is 2. The zero-order valence-electron chi connectivity index (χ0n) is 11.4. The van der Waals surface area contributed by atoms with Crippen LogP contribution in [0.25, 0.3) is 5.69 Å². The number of alkyl halides is 1. The number of rotatable bonds is 6. The molecule has 0 fully saturated rings. The molecule has 0 aliphatic rings. The molecular weight excluding hydrogens is 304 g/mol. The van der Waals surface area contributed by atoms with E-state index < -0.39 is 0 Å². The van der Waals surface area contributed by atoms with Crippen molar-refractivity contribution in [3.8, 4) is 11.4 Å². The molecule has 2 aromatic rings. The summed E-state index contributed by atoms with van der Waals surface area (Å²) in [6.07, 6.45) is 4.09. The molecule has 4 heteroatoms. The van der Waals surface area contributed by atoms with Crippen molar-refractivity contribution < 1.29 is 4.74 Å². The fourth-order valence-corrected chi connectivity index (χ4v) is 2.56. The zero-order valence-corrected chi connectivity index (χ0v) is 13.0. The number of hydrogen-bond donors (Lipinski definition) is 0. The summed E-state index contributed by atoms with van der Waals surface area (Å²) < 4.78 is 7.49. The topological polar surface area (TPSA) is 27.1 Å². The van der Waals surface area contributed by atoms with Gasteiger partial charge in [0.15, 0.2) is 0 Å². The third-order valence-electron chi connectivity index (χ3n) is 2.98. The number of ether oxygens (including phenoxy) is 1. The van der Waals surface area contributed by atoms with Crippen LogP contribution in [0.5, 0.6) is 5.75 Å². The molecule has 0 saturated carbocycles. The second-order valence-corrected chi connectivity index (χ2v) is 4.90. The van der Waals surface area contributed by atoms with Crippen molar-refractivity contribution in [2.45, 2.75) is 32.0 Å². The molecule has 0 amide bonds. The van der Waals surface area contributed by atoms with Crippen LogP contribution in [0.1, 0.15) is 31.5 Å². The Morgan fingerprint density at radius 3 is 2.53 bits per heavy atom. The molecule has 0 unspecified atom stereocenters. The van der Waals surface area contributed by atoms with E-state index in [1.165, 1.54) is 11.3 Å². The molecule has 0 saturated heterocycles. The van der Waals surface area contributed by atoms with E-state index in [1.807, 2.05) is 29.9 Å². The van der Waals surface area contributed by atoms with Gasteiger partial charge in [-0.15, -0.1) is 0 Å². The average Bonchev–Trinajstić information content (AvgIpc) is 2.83. The maximum Gasteiger partial charge on any atom is 0.119 e. The molecule has 1 aromatic carbocycles. The third kappa shape index (κ3) is 3.18. The van der Waals surface area contributed by atoms with Gasteiger partial charge in [0.2, 0.25) is 0 Å². The first-order valence-corrected chi connectivity index (χ1v) is 7.77. The van der Waals surface area contributed by atoms with Crippen molar-refractivity contribution in [3.05, 3.63) is 41.7 Å². The van der Waals surface area contributed by atoms with Crippen LogP contribution >= 0.6 is 15.9 Å². The summed E-state index contributed by atoms with van der Waals surface area (Å²) in [4.78, 5) is 0. The quantitative estimate of drug-likeness (QED) is 0.748. The number of hydrogen-bond acceptors (Lipinski definition) is 2. The predicted molar refractivity (Wildman–Crippen MR) is 81.4 cm³/mol. The van der Waals surface area contributed by atoms with E-state index in [4.69, 9.17) is 4.74 Å². The van der Waals surface area contributed by atoms with Crippen LogP contribution in [0, 0.1) is 0 Å². The van der Waals surface area contributed by atoms with Crippen LogP contribution in [0.4, 0.5) is 0 Å². The van der Waals surface area contributed by atoms with Crippen molar-refractivity contribution in [3.63, 3.8) is 0 Å². The van der Waals surface area contributed by atoms with Crippen molar-refractivity contribution in [2.75, 3.05) is 6.61 Å². The second kappa shape index (κ2) is 6.75. The molecule has 0 radical (unpaired) electrons. The van der Waals surface area contributed by atoms with Gasteiger partial charge in [0.25, 0.3) is 0 Å². The van der Waals surface area contributed by atoms with Gasteiger partial charge in [-0.1, -0.05) is 29.3 Å². The summed E-state index contributed by atoms with van der Waals surface area (Å²) in [7, 11) is 0. The van der Waals surface area contributed by atoms with Crippen molar-refractivity contribution >= 4 is 15.9 Å². The van der Waals surface area contributed by atoms with Crippen LogP contribution in [0.15, 0.2) is 30.5 Å². The van der Waals surface area contributed by atoms with Crippen LogP contribution < -0.4 is 4.74 Å². The van der Waals surface area contributed by atoms with Gasteiger partial charge in [-0.3, -0.25) is 0 Å². The summed E-state index contributed by atoms with van der Waals surface area (Å²) in [5.41, 5.74) is 3.62. The number of aromatic nitrogens is 2. The zero-order chi connectivity index (χ0) is 13.7. The summed E-state index contributed by atoms with van der Waals surface area (Å²) in [5.74, 6) is 0.899. The molecule has 2 rings (SSSR count). The average molecular weight is 323 g/mol. The van der Waals surface area contributed by atoms with Gasteiger partial charge in [-0.25, -0.2) is 4.68 Å². The Morgan fingerprint density at radius 1 is 1.21 bits per heavy atom. The smallest absolute Gasteiger partial charge is 0.119 e. The van der Waals surface area contributed by atoms with Crippen LogP contribution in [0.3, 0.4) is 0 Å². The van der Waals surface area contributed by atoms with E-state index in [-0.39, 0.29) is 0 Å². The highest BCUT2D eigenvalue weighted by molar-refractivity contribution is 9.08. The van der Waals surface area contributed by atoms with Gasteiger partial charge in [0.05, 0.1) is 18.5 Å². The minimum atomic E-state index is 0.690. The molecule has 102 valence electrons. The first-order valence-electron chi connectivity index (χ1n) is 6.65. The third-order valence-corrected chi connectivity index (χ3v) is 3.58. The summed E-state index contributed by atoms with van der Waals surface area (Å²) >= 11 is 3.52.